The summed E-state index contributed by atoms with van der Waals surface area (Å²) >= 11 is -1.91. The van der Waals surface area contributed by atoms with E-state index in [0.29, 0.717) is 0 Å². The monoisotopic (exact) mass is 358 g/mol. The van der Waals surface area contributed by atoms with Gasteiger partial charge >= 0.3 is 120 Å². The van der Waals surface area contributed by atoms with E-state index < -0.39 is 18.4 Å². The molecular weight excluding hydrogens is 323 g/mol. The summed E-state index contributed by atoms with van der Waals surface area (Å²) < 4.78 is 7.05. The van der Waals surface area contributed by atoms with Crippen molar-refractivity contribution in [3.05, 3.63) is 9.67 Å². The molecule has 18 heavy (non-hydrogen) atoms. The molecule has 1 heteroatoms. The Balaban J connectivity index is 2.76. The third-order valence-electron chi connectivity index (χ3n) is 4.75. The summed E-state index contributed by atoms with van der Waals surface area (Å²) in [6.45, 7) is 7.12. The van der Waals surface area contributed by atoms with Gasteiger partial charge in [0, 0.05) is 0 Å². The van der Waals surface area contributed by atoms with Crippen molar-refractivity contribution in [1.29, 1.82) is 0 Å². The third-order valence-corrected chi connectivity index (χ3v) is 21.2. The quantitative estimate of drug-likeness (QED) is 0.392. The van der Waals surface area contributed by atoms with E-state index in [1.165, 1.54) is 57.8 Å². The molecule has 0 atom stereocenters. The Morgan fingerprint density at radius 2 is 1.39 bits per heavy atom. The first kappa shape index (κ1) is 16.6. The van der Waals surface area contributed by atoms with E-state index in [1.54, 1.807) is 13.3 Å². The van der Waals surface area contributed by atoms with Crippen LogP contribution in [-0.4, -0.2) is 18.4 Å². The molecule has 0 saturated heterocycles. The van der Waals surface area contributed by atoms with Crippen LogP contribution in [0, 0.1) is 0 Å². The Morgan fingerprint density at radius 1 is 0.889 bits per heavy atom. The molecular formula is C17H34Sn. The van der Waals surface area contributed by atoms with Crippen molar-refractivity contribution in [3.8, 4) is 0 Å². The molecule has 0 amide bonds. The summed E-state index contributed by atoms with van der Waals surface area (Å²) in [6.07, 6.45) is 15.8. The molecule has 0 heterocycles. The molecule has 1 aliphatic rings. The summed E-state index contributed by atoms with van der Waals surface area (Å²) in [7, 11) is 0. The average molecular weight is 357 g/mol. The van der Waals surface area contributed by atoms with Gasteiger partial charge in [-0.25, -0.2) is 0 Å². The fourth-order valence-electron chi connectivity index (χ4n) is 3.55. The van der Waals surface area contributed by atoms with Crippen molar-refractivity contribution in [2.24, 2.45) is 0 Å². The van der Waals surface area contributed by atoms with Gasteiger partial charge in [-0.3, -0.25) is 0 Å². The van der Waals surface area contributed by atoms with Crippen molar-refractivity contribution >= 4 is 18.4 Å². The predicted molar refractivity (Wildman–Crippen MR) is 86.8 cm³/mol. The SMILES string of the molecule is CCC[CH2][Sn]([CH2]CCC)([CH2]CCC)[C]1=CCCC1. The first-order valence-corrected chi connectivity index (χ1v) is 16.0. The van der Waals surface area contributed by atoms with Gasteiger partial charge in [0.25, 0.3) is 0 Å². The fourth-order valence-corrected chi connectivity index (χ4v) is 20.9. The second-order valence-corrected chi connectivity index (χ2v) is 19.6. The average Bonchev–Trinajstić information content (AvgIpc) is 2.93. The fraction of sp³-hybridized carbons (Fsp3) is 0.882. The molecule has 0 aromatic heterocycles. The second-order valence-electron chi connectivity index (χ2n) is 6.21. The summed E-state index contributed by atoms with van der Waals surface area (Å²) in [5.74, 6) is 0. The van der Waals surface area contributed by atoms with Crippen LogP contribution >= 0.6 is 0 Å². The van der Waals surface area contributed by atoms with E-state index in [-0.39, 0.29) is 0 Å². The maximum atomic E-state index is 2.69. The summed E-state index contributed by atoms with van der Waals surface area (Å²) in [4.78, 5) is 0. The zero-order valence-corrected chi connectivity index (χ0v) is 15.9. The van der Waals surface area contributed by atoms with E-state index >= 15 is 0 Å². The molecule has 0 aliphatic heterocycles. The Bertz CT molecular complexity index is 220. The number of hydrogen-bond donors (Lipinski definition) is 0. The van der Waals surface area contributed by atoms with E-state index in [1.807, 2.05) is 0 Å². The Labute approximate surface area is 120 Å². The molecule has 0 nitrogen and oxygen atoms in total. The number of hydrogen-bond acceptors (Lipinski definition) is 0. The van der Waals surface area contributed by atoms with Crippen molar-refractivity contribution in [2.75, 3.05) is 0 Å². The topological polar surface area (TPSA) is 0 Å². The normalized spacial score (nSPS) is 16.1. The summed E-state index contributed by atoms with van der Waals surface area (Å²) in [5.41, 5.74) is 0. The minimum atomic E-state index is -1.91. The molecule has 0 saturated carbocycles. The molecule has 0 aromatic rings. The molecule has 0 fully saturated rings. The first-order chi connectivity index (χ1) is 8.79. The van der Waals surface area contributed by atoms with Crippen molar-refractivity contribution in [3.63, 3.8) is 0 Å². The van der Waals surface area contributed by atoms with Crippen LogP contribution in [0.25, 0.3) is 0 Å². The van der Waals surface area contributed by atoms with Crippen LogP contribution in [0.15, 0.2) is 9.67 Å². The van der Waals surface area contributed by atoms with Gasteiger partial charge in [-0.1, -0.05) is 0 Å². The number of rotatable bonds is 10. The zero-order chi connectivity index (χ0) is 13.3. The Morgan fingerprint density at radius 3 is 1.72 bits per heavy atom. The van der Waals surface area contributed by atoms with E-state index in [2.05, 4.69) is 30.4 Å². The summed E-state index contributed by atoms with van der Waals surface area (Å²) in [6, 6.07) is 0. The minimum absolute atomic E-state index is 1.40. The molecule has 0 spiro atoms. The maximum absolute atomic E-state index is 2.69. The van der Waals surface area contributed by atoms with E-state index in [9.17, 15) is 0 Å². The van der Waals surface area contributed by atoms with Gasteiger partial charge in [0.2, 0.25) is 0 Å². The van der Waals surface area contributed by atoms with Crippen LogP contribution < -0.4 is 0 Å². The molecule has 1 aliphatic carbocycles. The van der Waals surface area contributed by atoms with Crippen LogP contribution in [0.1, 0.15) is 78.6 Å². The summed E-state index contributed by atoms with van der Waals surface area (Å²) in [5, 5.41) is 0. The zero-order valence-electron chi connectivity index (χ0n) is 13.1. The Hall–Kier alpha value is 0.539. The van der Waals surface area contributed by atoms with Gasteiger partial charge in [0.15, 0.2) is 0 Å². The van der Waals surface area contributed by atoms with Gasteiger partial charge in [0.1, 0.15) is 0 Å². The van der Waals surface area contributed by atoms with Crippen LogP contribution in [0.3, 0.4) is 0 Å². The van der Waals surface area contributed by atoms with E-state index in [0.717, 1.165) is 0 Å². The Kier molecular flexibility index (Phi) is 8.71. The molecule has 0 aromatic carbocycles. The molecule has 0 radical (unpaired) electrons. The van der Waals surface area contributed by atoms with Gasteiger partial charge < -0.3 is 0 Å². The van der Waals surface area contributed by atoms with Crippen LogP contribution in [0.4, 0.5) is 0 Å². The van der Waals surface area contributed by atoms with Crippen LogP contribution in [0.5, 0.6) is 0 Å². The van der Waals surface area contributed by atoms with Crippen molar-refractivity contribution in [1.82, 2.24) is 0 Å². The van der Waals surface area contributed by atoms with Crippen molar-refractivity contribution in [2.45, 2.75) is 91.9 Å². The third kappa shape index (κ3) is 4.90. The van der Waals surface area contributed by atoms with Crippen molar-refractivity contribution < 1.29 is 0 Å². The van der Waals surface area contributed by atoms with Crippen LogP contribution in [0.2, 0.25) is 13.3 Å². The number of allylic oxidation sites excluding steroid dienone is 2. The molecule has 0 unspecified atom stereocenters. The van der Waals surface area contributed by atoms with Crippen LogP contribution in [-0.2, 0) is 0 Å². The number of unbranched alkanes of at least 4 members (excludes halogenated alkanes) is 3. The molecule has 0 bridgehead atoms. The molecule has 1 rings (SSSR count). The predicted octanol–water partition coefficient (Wildman–Crippen LogP) is 6.49. The van der Waals surface area contributed by atoms with Gasteiger partial charge in [-0.15, -0.1) is 0 Å². The second kappa shape index (κ2) is 9.44. The first-order valence-electron chi connectivity index (χ1n) is 8.48. The van der Waals surface area contributed by atoms with E-state index in [4.69, 9.17) is 0 Å². The molecule has 0 N–H and O–H groups in total. The standard InChI is InChI=1S/C5H7.3C4H9.Sn/c1-2-4-5-3-1;3*1-3-4-2;/h1H,2,4-5H2;3*1,3-4H2,2H3;. The van der Waals surface area contributed by atoms with Gasteiger partial charge in [-0.2, -0.15) is 0 Å². The molecule has 106 valence electrons. The van der Waals surface area contributed by atoms with Gasteiger partial charge in [0.05, 0.1) is 0 Å². The van der Waals surface area contributed by atoms with Gasteiger partial charge in [-0.05, 0) is 0 Å².